The highest BCUT2D eigenvalue weighted by atomic mass is 35.5. The zero-order chi connectivity index (χ0) is 26.7. The molecule has 2 heterocycles. The SMILES string of the molecule is O=c1sc2c(n1-c1ccccc1)S[C@@H]1[C@H]3CC[C@H](C3)[C@@H]1[C@@H]2c1cc([N+](=O)[O-])ccc1OCc1ccccc1Cl. The van der Waals surface area contributed by atoms with Crippen molar-refractivity contribution in [2.45, 2.75) is 42.1 Å². The maximum Gasteiger partial charge on any atom is 0.312 e. The fourth-order valence-corrected chi connectivity index (χ4v) is 10.2. The number of nitro benzene ring substituents is 1. The molecule has 1 aromatic heterocycles. The van der Waals surface area contributed by atoms with Gasteiger partial charge in [-0.05, 0) is 61.3 Å². The Morgan fingerprint density at radius 1 is 1.03 bits per heavy atom. The van der Waals surface area contributed by atoms with Crippen LogP contribution in [0.3, 0.4) is 0 Å². The van der Waals surface area contributed by atoms with E-state index in [1.54, 1.807) is 12.1 Å². The van der Waals surface area contributed by atoms with Gasteiger partial charge in [0.15, 0.2) is 0 Å². The number of para-hydroxylation sites is 1. The lowest BCUT2D eigenvalue weighted by Gasteiger charge is -2.40. The van der Waals surface area contributed by atoms with Gasteiger partial charge in [-0.1, -0.05) is 59.3 Å². The fourth-order valence-electron chi connectivity index (χ4n) is 6.85. The molecule has 4 aromatic rings. The lowest BCUT2D eigenvalue weighted by Crippen LogP contribution is -2.34. The van der Waals surface area contributed by atoms with Gasteiger partial charge in [-0.15, -0.1) is 11.8 Å². The Bertz CT molecular complexity index is 1640. The third kappa shape index (κ3) is 4.20. The molecule has 0 unspecified atom stereocenters. The van der Waals surface area contributed by atoms with Crippen LogP contribution < -0.4 is 9.61 Å². The Morgan fingerprint density at radius 3 is 2.59 bits per heavy atom. The molecule has 7 rings (SSSR count). The van der Waals surface area contributed by atoms with Crippen molar-refractivity contribution < 1.29 is 9.66 Å². The Balaban J connectivity index is 1.39. The molecule has 3 aliphatic rings. The van der Waals surface area contributed by atoms with Crippen LogP contribution in [0.2, 0.25) is 5.02 Å². The molecule has 2 saturated carbocycles. The summed E-state index contributed by atoms with van der Waals surface area (Å²) in [7, 11) is 0. The Kier molecular flexibility index (Phi) is 6.29. The van der Waals surface area contributed by atoms with Gasteiger partial charge in [0.25, 0.3) is 5.69 Å². The summed E-state index contributed by atoms with van der Waals surface area (Å²) in [6, 6.07) is 22.2. The first-order valence-electron chi connectivity index (χ1n) is 13.1. The summed E-state index contributed by atoms with van der Waals surface area (Å²) >= 11 is 9.51. The molecule has 1 aliphatic heterocycles. The first-order chi connectivity index (χ1) is 19.0. The van der Waals surface area contributed by atoms with Crippen LogP contribution in [0.4, 0.5) is 5.69 Å². The molecule has 0 amide bonds. The van der Waals surface area contributed by atoms with Crippen molar-refractivity contribution in [2.75, 3.05) is 0 Å². The standard InChI is InChI=1S/C30H25ClN2O4S2/c31-23-9-5-4-6-19(23)16-37-24-13-12-21(33(35)36)15-22(24)26-25-17-10-11-18(14-17)27(25)38-29-28(26)39-30(34)32(29)20-7-2-1-3-8-20/h1-9,12-13,15,17-18,25-27H,10-11,14,16H2/t17-,18+,25-,26+,27-/m1/s1. The molecule has 198 valence electrons. The van der Waals surface area contributed by atoms with E-state index in [2.05, 4.69) is 0 Å². The summed E-state index contributed by atoms with van der Waals surface area (Å²) in [5.74, 6) is 1.88. The molecule has 0 saturated heterocycles. The minimum atomic E-state index is -0.351. The topological polar surface area (TPSA) is 74.4 Å². The van der Waals surface area contributed by atoms with E-state index in [-0.39, 0.29) is 28.0 Å². The number of nitro groups is 1. The van der Waals surface area contributed by atoms with Crippen LogP contribution in [0.15, 0.2) is 82.6 Å². The molecule has 0 radical (unpaired) electrons. The van der Waals surface area contributed by atoms with Crippen molar-refractivity contribution in [3.63, 3.8) is 0 Å². The average molecular weight is 577 g/mol. The van der Waals surface area contributed by atoms with Crippen molar-refractivity contribution >= 4 is 40.4 Å². The van der Waals surface area contributed by atoms with E-state index in [0.717, 1.165) is 33.1 Å². The van der Waals surface area contributed by atoms with Crippen LogP contribution in [-0.2, 0) is 6.61 Å². The van der Waals surface area contributed by atoms with E-state index in [4.69, 9.17) is 16.3 Å². The molecule has 2 bridgehead atoms. The zero-order valence-electron chi connectivity index (χ0n) is 20.9. The largest absolute Gasteiger partial charge is 0.489 e. The first-order valence-corrected chi connectivity index (χ1v) is 15.2. The fraction of sp³-hybridized carbons (Fsp3) is 0.300. The normalized spacial score (nSPS) is 24.8. The number of ether oxygens (including phenoxy) is 1. The van der Waals surface area contributed by atoms with Gasteiger partial charge in [-0.2, -0.15) is 0 Å². The Hall–Kier alpha value is -3.07. The molecule has 3 aromatic carbocycles. The maximum atomic E-state index is 13.5. The quantitative estimate of drug-likeness (QED) is 0.174. The number of rotatable bonds is 6. The predicted molar refractivity (Wildman–Crippen MR) is 155 cm³/mol. The number of non-ortho nitro benzene ring substituents is 1. The van der Waals surface area contributed by atoms with E-state index in [1.165, 1.54) is 30.2 Å². The second-order valence-corrected chi connectivity index (χ2v) is 13.1. The molecule has 6 nitrogen and oxygen atoms in total. The number of hydrogen-bond donors (Lipinski definition) is 0. The van der Waals surface area contributed by atoms with Crippen LogP contribution in [0.25, 0.3) is 5.69 Å². The molecule has 2 fully saturated rings. The van der Waals surface area contributed by atoms with Crippen molar-refractivity contribution in [3.8, 4) is 11.4 Å². The summed E-state index contributed by atoms with van der Waals surface area (Å²) in [4.78, 5) is 26.0. The van der Waals surface area contributed by atoms with Crippen LogP contribution >= 0.6 is 34.7 Å². The minimum Gasteiger partial charge on any atom is -0.489 e. The zero-order valence-corrected chi connectivity index (χ0v) is 23.3. The molecule has 0 N–H and O–H groups in total. The number of aromatic nitrogens is 1. The molecule has 39 heavy (non-hydrogen) atoms. The van der Waals surface area contributed by atoms with Crippen LogP contribution in [0, 0.1) is 27.9 Å². The van der Waals surface area contributed by atoms with Gasteiger partial charge in [-0.25, -0.2) is 0 Å². The second kappa shape index (κ2) is 9.84. The van der Waals surface area contributed by atoms with Crippen molar-refractivity contribution in [2.24, 2.45) is 17.8 Å². The van der Waals surface area contributed by atoms with Gasteiger partial charge in [0.05, 0.1) is 15.6 Å². The molecule has 0 spiro atoms. The number of halogens is 1. The highest BCUT2D eigenvalue weighted by Crippen LogP contribution is 2.65. The Morgan fingerprint density at radius 2 is 1.79 bits per heavy atom. The number of thiazole rings is 1. The maximum absolute atomic E-state index is 13.5. The third-order valence-electron chi connectivity index (χ3n) is 8.51. The first kappa shape index (κ1) is 24.9. The smallest absolute Gasteiger partial charge is 0.312 e. The predicted octanol–water partition coefficient (Wildman–Crippen LogP) is 7.69. The monoisotopic (exact) mass is 576 g/mol. The summed E-state index contributed by atoms with van der Waals surface area (Å²) in [5.41, 5.74) is 2.52. The van der Waals surface area contributed by atoms with Gasteiger partial charge < -0.3 is 4.74 Å². The number of hydrogen-bond acceptors (Lipinski definition) is 6. The van der Waals surface area contributed by atoms with Gasteiger partial charge in [0.1, 0.15) is 12.4 Å². The lowest BCUT2D eigenvalue weighted by atomic mass is 9.74. The Labute approximate surface area is 238 Å². The van der Waals surface area contributed by atoms with Gasteiger partial charge in [0, 0.05) is 44.3 Å². The highest BCUT2D eigenvalue weighted by molar-refractivity contribution is 8.00. The van der Waals surface area contributed by atoms with E-state index in [0.29, 0.717) is 33.8 Å². The molecule has 5 atom stereocenters. The highest BCUT2D eigenvalue weighted by Gasteiger charge is 2.56. The number of benzene rings is 3. The summed E-state index contributed by atoms with van der Waals surface area (Å²) in [5, 5.41) is 13.9. The van der Waals surface area contributed by atoms with E-state index < -0.39 is 0 Å². The number of nitrogens with zero attached hydrogens (tertiary/aromatic N) is 2. The lowest BCUT2D eigenvalue weighted by molar-refractivity contribution is -0.385. The number of fused-ring (bicyclic) bond motifs is 6. The van der Waals surface area contributed by atoms with E-state index in [9.17, 15) is 14.9 Å². The molecular formula is C30H25ClN2O4S2. The second-order valence-electron chi connectivity index (χ2n) is 10.5. The van der Waals surface area contributed by atoms with E-state index in [1.807, 2.05) is 70.9 Å². The third-order valence-corrected chi connectivity index (χ3v) is 11.6. The number of thioether (sulfide) groups is 1. The van der Waals surface area contributed by atoms with E-state index >= 15 is 0 Å². The molecule has 9 heteroatoms. The molecule has 2 aliphatic carbocycles. The van der Waals surface area contributed by atoms with Crippen molar-refractivity contribution in [1.82, 2.24) is 4.57 Å². The van der Waals surface area contributed by atoms with Crippen molar-refractivity contribution in [1.29, 1.82) is 0 Å². The van der Waals surface area contributed by atoms with Gasteiger partial charge in [-0.3, -0.25) is 19.5 Å². The van der Waals surface area contributed by atoms with Crippen LogP contribution in [0.5, 0.6) is 5.75 Å². The van der Waals surface area contributed by atoms with Crippen molar-refractivity contribution in [3.05, 3.63) is 114 Å². The van der Waals surface area contributed by atoms with Gasteiger partial charge >= 0.3 is 4.87 Å². The van der Waals surface area contributed by atoms with Gasteiger partial charge in [0.2, 0.25) is 0 Å². The van der Waals surface area contributed by atoms with Crippen LogP contribution in [-0.4, -0.2) is 14.7 Å². The average Bonchev–Trinajstić information content (AvgIpc) is 3.65. The molecular weight excluding hydrogens is 552 g/mol. The summed E-state index contributed by atoms with van der Waals surface area (Å²) in [6.07, 6.45) is 3.54. The minimum absolute atomic E-state index is 0.0278. The summed E-state index contributed by atoms with van der Waals surface area (Å²) in [6.45, 7) is 0.250. The summed E-state index contributed by atoms with van der Waals surface area (Å²) < 4.78 is 8.20. The van der Waals surface area contributed by atoms with Crippen LogP contribution in [0.1, 0.15) is 41.2 Å².